The third-order valence-corrected chi connectivity index (χ3v) is 3.57. The van der Waals surface area contributed by atoms with E-state index in [1.807, 2.05) is 31.2 Å². The van der Waals surface area contributed by atoms with Gasteiger partial charge in [-0.05, 0) is 42.3 Å². The number of hydrogen-bond acceptors (Lipinski definition) is 6. The molecule has 140 valence electrons. The van der Waals surface area contributed by atoms with Gasteiger partial charge in [0.25, 0.3) is 0 Å². The lowest BCUT2D eigenvalue weighted by atomic mass is 10.1. The standard InChI is InChI=1S/C19H26N4O3/c1-15-2-5-21-17(12-15)18-13-16(3-6-22-18)14-19(24)23-7-9-26-11-10-25-8-4-20/h2-3,5-6,12-13H,4,7-11,14,20H2,1H3,(H,23,24). The number of aromatic nitrogens is 2. The minimum Gasteiger partial charge on any atom is -0.378 e. The molecule has 0 aliphatic carbocycles. The fraction of sp³-hybridized carbons (Fsp3) is 0.421. The number of ether oxygens (including phenoxy) is 2. The van der Waals surface area contributed by atoms with Crippen LogP contribution in [0.5, 0.6) is 0 Å². The van der Waals surface area contributed by atoms with Crippen molar-refractivity contribution in [2.45, 2.75) is 13.3 Å². The van der Waals surface area contributed by atoms with Crippen LogP contribution < -0.4 is 11.1 Å². The maximum absolute atomic E-state index is 12.0. The Morgan fingerprint density at radius 2 is 1.73 bits per heavy atom. The molecular formula is C19H26N4O3. The second-order valence-electron chi connectivity index (χ2n) is 5.81. The number of nitrogens with zero attached hydrogens (tertiary/aromatic N) is 2. The summed E-state index contributed by atoms with van der Waals surface area (Å²) in [6.07, 6.45) is 3.75. The van der Waals surface area contributed by atoms with Crippen molar-refractivity contribution in [3.63, 3.8) is 0 Å². The molecular weight excluding hydrogens is 332 g/mol. The number of nitrogens with two attached hydrogens (primary N) is 1. The summed E-state index contributed by atoms with van der Waals surface area (Å²) in [5, 5.41) is 2.84. The van der Waals surface area contributed by atoms with E-state index in [0.717, 1.165) is 22.5 Å². The number of carbonyl (C=O) groups excluding carboxylic acids is 1. The maximum atomic E-state index is 12.0. The van der Waals surface area contributed by atoms with Gasteiger partial charge in [0.1, 0.15) is 0 Å². The van der Waals surface area contributed by atoms with E-state index < -0.39 is 0 Å². The zero-order chi connectivity index (χ0) is 18.6. The lowest BCUT2D eigenvalue weighted by Gasteiger charge is -2.08. The van der Waals surface area contributed by atoms with E-state index in [1.165, 1.54) is 0 Å². The highest BCUT2D eigenvalue weighted by Crippen LogP contribution is 2.16. The van der Waals surface area contributed by atoms with Crippen LogP contribution in [0.1, 0.15) is 11.1 Å². The zero-order valence-electron chi connectivity index (χ0n) is 15.1. The Kier molecular flexibility index (Phi) is 8.68. The van der Waals surface area contributed by atoms with Gasteiger partial charge in [-0.15, -0.1) is 0 Å². The highest BCUT2D eigenvalue weighted by atomic mass is 16.5. The highest BCUT2D eigenvalue weighted by Gasteiger charge is 2.06. The Morgan fingerprint density at radius 3 is 2.46 bits per heavy atom. The van der Waals surface area contributed by atoms with Crippen LogP contribution in [0, 0.1) is 6.92 Å². The SMILES string of the molecule is Cc1ccnc(-c2cc(CC(=O)NCCOCCOCCN)ccn2)c1. The first-order valence-electron chi connectivity index (χ1n) is 8.69. The van der Waals surface area contributed by atoms with Crippen molar-refractivity contribution in [2.75, 3.05) is 39.5 Å². The largest absolute Gasteiger partial charge is 0.378 e. The molecule has 0 unspecified atom stereocenters. The maximum Gasteiger partial charge on any atom is 0.224 e. The van der Waals surface area contributed by atoms with Gasteiger partial charge in [0, 0.05) is 25.5 Å². The molecule has 2 heterocycles. The summed E-state index contributed by atoms with van der Waals surface area (Å²) in [5.41, 5.74) is 8.90. The van der Waals surface area contributed by atoms with Crippen molar-refractivity contribution in [3.05, 3.63) is 47.8 Å². The van der Waals surface area contributed by atoms with E-state index in [0.29, 0.717) is 45.9 Å². The highest BCUT2D eigenvalue weighted by molar-refractivity contribution is 5.78. The van der Waals surface area contributed by atoms with Gasteiger partial charge < -0.3 is 20.5 Å². The topological polar surface area (TPSA) is 99.4 Å². The summed E-state index contributed by atoms with van der Waals surface area (Å²) in [6, 6.07) is 7.64. The molecule has 0 radical (unpaired) electrons. The minimum atomic E-state index is -0.0534. The molecule has 0 aliphatic heterocycles. The number of rotatable bonds is 11. The Bertz CT molecular complexity index is 694. The van der Waals surface area contributed by atoms with Crippen LogP contribution in [0.15, 0.2) is 36.7 Å². The predicted molar refractivity (Wildman–Crippen MR) is 99.6 cm³/mol. The van der Waals surface area contributed by atoms with Crippen molar-refractivity contribution in [1.29, 1.82) is 0 Å². The molecule has 0 atom stereocenters. The number of amides is 1. The average molecular weight is 358 g/mol. The first-order valence-corrected chi connectivity index (χ1v) is 8.69. The van der Waals surface area contributed by atoms with Crippen LogP contribution in [0.2, 0.25) is 0 Å². The third-order valence-electron chi connectivity index (χ3n) is 3.57. The molecule has 1 amide bonds. The van der Waals surface area contributed by atoms with Crippen molar-refractivity contribution in [3.8, 4) is 11.4 Å². The van der Waals surface area contributed by atoms with Gasteiger partial charge in [0.05, 0.1) is 44.2 Å². The van der Waals surface area contributed by atoms with E-state index in [9.17, 15) is 4.79 Å². The molecule has 0 saturated heterocycles. The number of aryl methyl sites for hydroxylation is 1. The van der Waals surface area contributed by atoms with Crippen molar-refractivity contribution in [1.82, 2.24) is 15.3 Å². The van der Waals surface area contributed by atoms with Gasteiger partial charge in [-0.3, -0.25) is 14.8 Å². The predicted octanol–water partition coefficient (Wildman–Crippen LogP) is 1.10. The van der Waals surface area contributed by atoms with E-state index in [4.69, 9.17) is 15.2 Å². The van der Waals surface area contributed by atoms with Gasteiger partial charge in [0.2, 0.25) is 5.91 Å². The molecule has 3 N–H and O–H groups in total. The molecule has 0 saturated carbocycles. The first-order chi connectivity index (χ1) is 12.7. The summed E-state index contributed by atoms with van der Waals surface area (Å²) >= 11 is 0. The summed E-state index contributed by atoms with van der Waals surface area (Å²) < 4.78 is 10.6. The molecule has 7 heteroatoms. The zero-order valence-corrected chi connectivity index (χ0v) is 15.1. The van der Waals surface area contributed by atoms with E-state index in [2.05, 4.69) is 15.3 Å². The van der Waals surface area contributed by atoms with Crippen LogP contribution in [-0.4, -0.2) is 55.4 Å². The van der Waals surface area contributed by atoms with Gasteiger partial charge >= 0.3 is 0 Å². The average Bonchev–Trinajstić information content (AvgIpc) is 2.64. The quantitative estimate of drug-likeness (QED) is 0.584. The van der Waals surface area contributed by atoms with Gasteiger partial charge in [0.15, 0.2) is 0 Å². The third kappa shape index (κ3) is 7.26. The molecule has 0 aliphatic rings. The molecule has 26 heavy (non-hydrogen) atoms. The second kappa shape index (κ2) is 11.3. The summed E-state index contributed by atoms with van der Waals surface area (Å²) in [5.74, 6) is -0.0534. The van der Waals surface area contributed by atoms with Crippen molar-refractivity contribution < 1.29 is 14.3 Å². The fourth-order valence-electron chi connectivity index (χ4n) is 2.32. The number of hydrogen-bond donors (Lipinski definition) is 2. The molecule has 0 bridgehead atoms. The molecule has 7 nitrogen and oxygen atoms in total. The van der Waals surface area contributed by atoms with Crippen LogP contribution in [0.4, 0.5) is 0 Å². The van der Waals surface area contributed by atoms with Crippen LogP contribution in [-0.2, 0) is 20.7 Å². The number of carbonyl (C=O) groups is 1. The monoisotopic (exact) mass is 358 g/mol. The summed E-state index contributed by atoms with van der Waals surface area (Å²) in [7, 11) is 0. The van der Waals surface area contributed by atoms with E-state index in [1.54, 1.807) is 12.4 Å². The van der Waals surface area contributed by atoms with Gasteiger partial charge in [-0.25, -0.2) is 0 Å². The van der Waals surface area contributed by atoms with Crippen LogP contribution in [0.3, 0.4) is 0 Å². The Hall–Kier alpha value is -2.35. The van der Waals surface area contributed by atoms with E-state index in [-0.39, 0.29) is 5.91 Å². The van der Waals surface area contributed by atoms with Gasteiger partial charge in [-0.2, -0.15) is 0 Å². The molecule has 0 spiro atoms. The Labute approximate surface area is 153 Å². The number of nitrogens with one attached hydrogen (secondary N) is 1. The summed E-state index contributed by atoms with van der Waals surface area (Å²) in [4.78, 5) is 20.7. The first kappa shape index (κ1) is 20.0. The molecule has 0 fully saturated rings. The molecule has 2 rings (SSSR count). The normalized spacial score (nSPS) is 10.7. The van der Waals surface area contributed by atoms with Crippen molar-refractivity contribution in [2.24, 2.45) is 5.73 Å². The van der Waals surface area contributed by atoms with Crippen LogP contribution >= 0.6 is 0 Å². The Balaban J connectivity index is 1.73. The smallest absolute Gasteiger partial charge is 0.224 e. The lowest BCUT2D eigenvalue weighted by molar-refractivity contribution is -0.120. The van der Waals surface area contributed by atoms with Crippen molar-refractivity contribution >= 4 is 5.91 Å². The summed E-state index contributed by atoms with van der Waals surface area (Å²) in [6.45, 7) is 4.97. The molecule has 2 aromatic heterocycles. The van der Waals surface area contributed by atoms with Crippen LogP contribution in [0.25, 0.3) is 11.4 Å². The fourth-order valence-corrected chi connectivity index (χ4v) is 2.32. The molecule has 2 aromatic rings. The minimum absolute atomic E-state index is 0.0534. The second-order valence-corrected chi connectivity index (χ2v) is 5.81. The van der Waals surface area contributed by atoms with Gasteiger partial charge in [-0.1, -0.05) is 0 Å². The molecule has 0 aromatic carbocycles. The Morgan fingerprint density at radius 1 is 1.04 bits per heavy atom. The number of pyridine rings is 2. The van der Waals surface area contributed by atoms with E-state index >= 15 is 0 Å². The lowest BCUT2D eigenvalue weighted by Crippen LogP contribution is -2.29.